The second kappa shape index (κ2) is 8.21. The molecule has 21 heavy (non-hydrogen) atoms. The molecule has 112 valence electrons. The quantitative estimate of drug-likeness (QED) is 0.249. The summed E-state index contributed by atoms with van der Waals surface area (Å²) in [5.41, 5.74) is 4.90. The van der Waals surface area contributed by atoms with Gasteiger partial charge in [-0.15, -0.1) is 0 Å². The normalized spacial score (nSPS) is 11.6. The maximum atomic E-state index is 5.47. The maximum Gasteiger partial charge on any atom is 0.205 e. The van der Waals surface area contributed by atoms with E-state index in [9.17, 15) is 0 Å². The highest BCUT2D eigenvalue weighted by atomic mass is 15.3. The second-order valence-electron chi connectivity index (χ2n) is 4.90. The van der Waals surface area contributed by atoms with E-state index in [0.717, 1.165) is 37.9 Å². The molecule has 0 bridgehead atoms. The molecular weight excluding hydrogens is 262 g/mol. The molecule has 0 aliphatic carbocycles. The van der Waals surface area contributed by atoms with Crippen molar-refractivity contribution in [3.05, 3.63) is 42.1 Å². The highest BCUT2D eigenvalue weighted by Crippen LogP contribution is 2.15. The van der Waals surface area contributed by atoms with Gasteiger partial charge in [0.15, 0.2) is 0 Å². The smallest absolute Gasteiger partial charge is 0.205 e. The topological polar surface area (TPSA) is 75.3 Å². The first kappa shape index (κ1) is 15.3. The van der Waals surface area contributed by atoms with Gasteiger partial charge < -0.3 is 5.32 Å². The van der Waals surface area contributed by atoms with Crippen LogP contribution < -0.4 is 16.6 Å². The fourth-order valence-corrected chi connectivity index (χ4v) is 2.19. The van der Waals surface area contributed by atoms with E-state index >= 15 is 0 Å². The summed E-state index contributed by atoms with van der Waals surface area (Å²) < 4.78 is 0. The number of benzene rings is 1. The molecule has 1 heterocycles. The van der Waals surface area contributed by atoms with E-state index in [4.69, 9.17) is 5.84 Å². The van der Waals surface area contributed by atoms with E-state index < -0.39 is 0 Å². The van der Waals surface area contributed by atoms with Crippen molar-refractivity contribution in [1.82, 2.24) is 15.7 Å². The average molecular weight is 285 g/mol. The molecule has 0 unspecified atom stereocenters. The summed E-state index contributed by atoms with van der Waals surface area (Å²) in [5.74, 6) is 6.12. The number of nitrogens with two attached hydrogens (primary N) is 1. The van der Waals surface area contributed by atoms with Gasteiger partial charge in [0.25, 0.3) is 0 Å². The summed E-state index contributed by atoms with van der Waals surface area (Å²) >= 11 is 0. The van der Waals surface area contributed by atoms with Gasteiger partial charge in [0, 0.05) is 24.7 Å². The Hall–Kier alpha value is -2.14. The summed E-state index contributed by atoms with van der Waals surface area (Å²) in [7, 11) is 0. The van der Waals surface area contributed by atoms with E-state index in [1.165, 1.54) is 10.9 Å². The van der Waals surface area contributed by atoms with E-state index in [-0.39, 0.29) is 0 Å². The maximum absolute atomic E-state index is 5.47. The minimum absolute atomic E-state index is 0.650. The van der Waals surface area contributed by atoms with Crippen molar-refractivity contribution in [3.8, 4) is 0 Å². The van der Waals surface area contributed by atoms with Crippen LogP contribution in [0.25, 0.3) is 10.9 Å². The average Bonchev–Trinajstić information content (AvgIpc) is 2.53. The molecule has 5 nitrogen and oxygen atoms in total. The van der Waals surface area contributed by atoms with Crippen LogP contribution in [0.15, 0.2) is 41.5 Å². The molecule has 0 saturated heterocycles. The zero-order valence-corrected chi connectivity index (χ0v) is 12.5. The summed E-state index contributed by atoms with van der Waals surface area (Å²) in [4.78, 5) is 8.84. The Morgan fingerprint density at radius 3 is 2.95 bits per heavy atom. The van der Waals surface area contributed by atoms with Gasteiger partial charge in [-0.3, -0.25) is 15.4 Å². The van der Waals surface area contributed by atoms with Crippen LogP contribution in [0, 0.1) is 0 Å². The number of pyridine rings is 1. The number of aliphatic imine (C=N–C) groups is 1. The molecule has 0 aliphatic heterocycles. The van der Waals surface area contributed by atoms with Crippen LogP contribution in [0.4, 0.5) is 0 Å². The Balaban J connectivity index is 1.94. The van der Waals surface area contributed by atoms with Crippen LogP contribution in [0.3, 0.4) is 0 Å². The number of guanidine groups is 1. The number of hydrazine groups is 1. The SMILES string of the molecule is CCCCN=C(NN)NCCc1cccc2cccnc12. The molecule has 2 rings (SSSR count). The molecule has 0 fully saturated rings. The third-order valence-corrected chi connectivity index (χ3v) is 3.32. The van der Waals surface area contributed by atoms with Gasteiger partial charge in [-0.2, -0.15) is 0 Å². The first-order chi connectivity index (χ1) is 10.3. The summed E-state index contributed by atoms with van der Waals surface area (Å²) in [6.45, 7) is 3.70. The Kier molecular flexibility index (Phi) is 5.97. The van der Waals surface area contributed by atoms with Crippen molar-refractivity contribution < 1.29 is 0 Å². The van der Waals surface area contributed by atoms with Gasteiger partial charge in [-0.25, -0.2) is 5.84 Å². The Bertz CT molecular complexity index is 589. The molecule has 1 aromatic heterocycles. The highest BCUT2D eigenvalue weighted by molar-refractivity contribution is 5.82. The monoisotopic (exact) mass is 285 g/mol. The molecule has 0 aliphatic rings. The van der Waals surface area contributed by atoms with Gasteiger partial charge in [-0.1, -0.05) is 37.6 Å². The van der Waals surface area contributed by atoms with Gasteiger partial charge >= 0.3 is 0 Å². The molecule has 4 N–H and O–H groups in total. The lowest BCUT2D eigenvalue weighted by molar-refractivity contribution is 0.771. The number of hydrogen-bond acceptors (Lipinski definition) is 3. The van der Waals surface area contributed by atoms with E-state index in [2.05, 4.69) is 51.9 Å². The number of rotatable bonds is 6. The number of para-hydroxylation sites is 1. The van der Waals surface area contributed by atoms with E-state index in [0.29, 0.717) is 5.96 Å². The Labute approximate surface area is 125 Å². The second-order valence-corrected chi connectivity index (χ2v) is 4.90. The third kappa shape index (κ3) is 4.43. The zero-order valence-electron chi connectivity index (χ0n) is 12.5. The highest BCUT2D eigenvalue weighted by Gasteiger charge is 2.02. The van der Waals surface area contributed by atoms with Crippen LogP contribution >= 0.6 is 0 Å². The molecule has 0 amide bonds. The summed E-state index contributed by atoms with van der Waals surface area (Å²) in [5, 5.41) is 4.40. The van der Waals surface area contributed by atoms with Crippen LogP contribution in [-0.4, -0.2) is 24.0 Å². The molecule has 2 aromatic rings. The molecule has 0 spiro atoms. The first-order valence-electron chi connectivity index (χ1n) is 7.42. The number of unbranched alkanes of at least 4 members (excludes halogenated alkanes) is 1. The van der Waals surface area contributed by atoms with Gasteiger partial charge in [0.2, 0.25) is 5.96 Å². The number of fused-ring (bicyclic) bond motifs is 1. The largest absolute Gasteiger partial charge is 0.355 e. The first-order valence-corrected chi connectivity index (χ1v) is 7.42. The van der Waals surface area contributed by atoms with Crippen molar-refractivity contribution in [3.63, 3.8) is 0 Å². The number of nitrogens with one attached hydrogen (secondary N) is 2. The van der Waals surface area contributed by atoms with Crippen LogP contribution in [0.2, 0.25) is 0 Å². The van der Waals surface area contributed by atoms with Crippen molar-refractivity contribution >= 4 is 16.9 Å². The van der Waals surface area contributed by atoms with Gasteiger partial charge in [0.05, 0.1) is 5.52 Å². The van der Waals surface area contributed by atoms with Gasteiger partial charge in [-0.05, 0) is 24.5 Å². The number of aromatic nitrogens is 1. The fraction of sp³-hybridized carbons (Fsp3) is 0.375. The van der Waals surface area contributed by atoms with Crippen LogP contribution in [0.1, 0.15) is 25.3 Å². The standard InChI is InChI=1S/C16H23N5/c1-2-3-10-19-16(21-17)20-12-9-14-7-4-6-13-8-5-11-18-15(13)14/h4-8,11H,2-3,9-10,12,17H2,1H3,(H2,19,20,21). The lowest BCUT2D eigenvalue weighted by Gasteiger charge is -2.10. The lowest BCUT2D eigenvalue weighted by atomic mass is 10.1. The molecule has 0 radical (unpaired) electrons. The lowest BCUT2D eigenvalue weighted by Crippen LogP contribution is -2.42. The van der Waals surface area contributed by atoms with E-state index in [1.54, 1.807) is 0 Å². The minimum atomic E-state index is 0.650. The van der Waals surface area contributed by atoms with Crippen LogP contribution in [0.5, 0.6) is 0 Å². The van der Waals surface area contributed by atoms with Gasteiger partial charge in [0.1, 0.15) is 0 Å². The third-order valence-electron chi connectivity index (χ3n) is 3.32. The molecule has 0 saturated carbocycles. The summed E-state index contributed by atoms with van der Waals surface area (Å²) in [6.07, 6.45) is 4.91. The van der Waals surface area contributed by atoms with Crippen molar-refractivity contribution in [2.45, 2.75) is 26.2 Å². The Morgan fingerprint density at radius 2 is 2.14 bits per heavy atom. The van der Waals surface area contributed by atoms with Crippen molar-refractivity contribution in [2.24, 2.45) is 10.8 Å². The molecular formula is C16H23N5. The fourth-order valence-electron chi connectivity index (χ4n) is 2.19. The summed E-state index contributed by atoms with van der Waals surface area (Å²) in [6, 6.07) is 10.3. The van der Waals surface area contributed by atoms with E-state index in [1.807, 2.05) is 12.3 Å². The van der Waals surface area contributed by atoms with Crippen molar-refractivity contribution in [1.29, 1.82) is 0 Å². The number of nitrogens with zero attached hydrogens (tertiary/aromatic N) is 2. The predicted octanol–water partition coefficient (Wildman–Crippen LogP) is 1.99. The molecule has 5 heteroatoms. The van der Waals surface area contributed by atoms with Crippen LogP contribution in [-0.2, 0) is 6.42 Å². The molecule has 1 aromatic carbocycles. The number of hydrogen-bond donors (Lipinski definition) is 3. The minimum Gasteiger partial charge on any atom is -0.355 e. The predicted molar refractivity (Wildman–Crippen MR) is 88.0 cm³/mol. The molecule has 0 atom stereocenters. The Morgan fingerprint density at radius 1 is 1.29 bits per heavy atom. The van der Waals surface area contributed by atoms with Crippen molar-refractivity contribution in [2.75, 3.05) is 13.1 Å². The zero-order chi connectivity index (χ0) is 14.9.